The van der Waals surface area contributed by atoms with Gasteiger partial charge in [0.05, 0.1) is 0 Å². The summed E-state index contributed by atoms with van der Waals surface area (Å²) < 4.78 is 0.631. The number of carbonyl (C=O) groups is 1. The number of benzene rings is 1. The van der Waals surface area contributed by atoms with Crippen LogP contribution in [-0.2, 0) is 10.1 Å². The smallest absolute Gasteiger partial charge is 0.337 e. The second-order valence-corrected chi connectivity index (χ2v) is 4.05. The van der Waals surface area contributed by atoms with Gasteiger partial charge >= 0.3 is 5.97 Å². The number of rotatable bonds is 3. The number of alkyl halides is 1. The van der Waals surface area contributed by atoms with Crippen molar-refractivity contribution in [3.63, 3.8) is 0 Å². The van der Waals surface area contributed by atoms with Crippen molar-refractivity contribution in [1.82, 2.24) is 0 Å². The van der Waals surface area contributed by atoms with E-state index in [0.717, 1.165) is 5.56 Å². The molecule has 0 saturated carbocycles. The third-order valence-corrected chi connectivity index (χ3v) is 3.35. The van der Waals surface area contributed by atoms with Gasteiger partial charge in [-0.25, -0.2) is 4.79 Å². The second kappa shape index (κ2) is 4.91. The number of halogens is 2. The van der Waals surface area contributed by atoms with E-state index >= 15 is 0 Å². The summed E-state index contributed by atoms with van der Waals surface area (Å²) in [6.45, 7) is 0. The van der Waals surface area contributed by atoms with Crippen molar-refractivity contribution >= 4 is 37.8 Å². The molecule has 0 aromatic heterocycles. The van der Waals surface area contributed by atoms with E-state index < -0.39 is 12.1 Å². The Morgan fingerprint density at radius 3 is 2.64 bits per heavy atom. The summed E-state index contributed by atoms with van der Waals surface area (Å²) in [5, 5.41) is 18.6. The van der Waals surface area contributed by atoms with Gasteiger partial charge in [0.1, 0.15) is 0 Å². The highest BCUT2D eigenvalue weighted by molar-refractivity contribution is 9.10. The van der Waals surface area contributed by atoms with Crippen molar-refractivity contribution < 1.29 is 15.0 Å². The van der Waals surface area contributed by atoms with Gasteiger partial charge in [0.25, 0.3) is 0 Å². The fourth-order valence-electron chi connectivity index (χ4n) is 1.05. The molecular formula is C9H8Br2O3. The first-order valence-corrected chi connectivity index (χ1v) is 5.73. The number of carboxylic acid groups (broad SMARTS) is 1. The molecule has 0 fully saturated rings. The molecule has 1 aromatic carbocycles. The minimum atomic E-state index is -1.48. The molecule has 76 valence electrons. The molecular weight excluding hydrogens is 316 g/mol. The first-order chi connectivity index (χ1) is 6.57. The zero-order valence-corrected chi connectivity index (χ0v) is 10.2. The van der Waals surface area contributed by atoms with E-state index in [-0.39, 0.29) is 0 Å². The van der Waals surface area contributed by atoms with Gasteiger partial charge in [0, 0.05) is 15.4 Å². The monoisotopic (exact) mass is 322 g/mol. The Labute approximate surface area is 98.0 Å². The zero-order chi connectivity index (χ0) is 10.7. The summed E-state index contributed by atoms with van der Waals surface area (Å²) in [5.41, 5.74) is 1.28. The molecule has 0 aliphatic heterocycles. The van der Waals surface area contributed by atoms with Crippen LogP contribution in [0.3, 0.4) is 0 Å². The van der Waals surface area contributed by atoms with Crippen LogP contribution in [0.2, 0.25) is 0 Å². The number of hydrogen-bond acceptors (Lipinski definition) is 2. The quantitative estimate of drug-likeness (QED) is 0.840. The van der Waals surface area contributed by atoms with Crippen molar-refractivity contribution in [2.24, 2.45) is 0 Å². The topological polar surface area (TPSA) is 57.5 Å². The van der Waals surface area contributed by atoms with Crippen LogP contribution in [0.1, 0.15) is 17.2 Å². The molecule has 5 heteroatoms. The Hall–Kier alpha value is -0.390. The molecule has 0 amide bonds. The summed E-state index contributed by atoms with van der Waals surface area (Å²) in [7, 11) is 0. The fraction of sp³-hybridized carbons (Fsp3) is 0.222. The van der Waals surface area contributed by atoms with E-state index in [4.69, 9.17) is 5.11 Å². The van der Waals surface area contributed by atoms with Crippen LogP contribution in [0, 0.1) is 0 Å². The summed E-state index contributed by atoms with van der Waals surface area (Å²) >= 11 is 6.53. The highest BCUT2D eigenvalue weighted by atomic mass is 79.9. The fourth-order valence-corrected chi connectivity index (χ4v) is 2.51. The summed E-state index contributed by atoms with van der Waals surface area (Å²) in [4.78, 5) is 10.6. The first kappa shape index (κ1) is 11.7. The lowest BCUT2D eigenvalue weighted by Crippen LogP contribution is -2.11. The summed E-state index contributed by atoms with van der Waals surface area (Å²) in [5.74, 6) is -1.25. The van der Waals surface area contributed by atoms with Gasteiger partial charge in [-0.3, -0.25) is 0 Å². The van der Waals surface area contributed by atoms with Gasteiger partial charge in [0.2, 0.25) is 0 Å². The van der Waals surface area contributed by atoms with E-state index in [2.05, 4.69) is 31.9 Å². The Morgan fingerprint density at radius 1 is 1.50 bits per heavy atom. The van der Waals surface area contributed by atoms with Crippen LogP contribution in [-0.4, -0.2) is 16.2 Å². The molecule has 0 aliphatic rings. The van der Waals surface area contributed by atoms with E-state index in [1.165, 1.54) is 0 Å². The Balaban J connectivity index is 3.15. The van der Waals surface area contributed by atoms with Crippen molar-refractivity contribution in [2.75, 3.05) is 0 Å². The van der Waals surface area contributed by atoms with Crippen LogP contribution in [0.15, 0.2) is 22.7 Å². The third-order valence-electron chi connectivity index (χ3n) is 1.78. The third kappa shape index (κ3) is 2.34. The minimum Gasteiger partial charge on any atom is -0.479 e. The molecule has 0 heterocycles. The van der Waals surface area contributed by atoms with E-state index in [0.29, 0.717) is 15.4 Å². The lowest BCUT2D eigenvalue weighted by atomic mass is 10.1. The minimum absolute atomic E-state index is 0.370. The van der Waals surface area contributed by atoms with Crippen molar-refractivity contribution in [2.45, 2.75) is 11.4 Å². The lowest BCUT2D eigenvalue weighted by molar-refractivity contribution is -0.147. The molecule has 2 N–H and O–H groups in total. The highest BCUT2D eigenvalue weighted by Gasteiger charge is 2.19. The molecule has 0 aliphatic carbocycles. The maximum Gasteiger partial charge on any atom is 0.337 e. The Morgan fingerprint density at radius 2 is 2.14 bits per heavy atom. The second-order valence-electron chi connectivity index (χ2n) is 2.69. The normalized spacial score (nSPS) is 12.5. The zero-order valence-electron chi connectivity index (χ0n) is 7.08. The van der Waals surface area contributed by atoms with Crippen LogP contribution >= 0.6 is 31.9 Å². The van der Waals surface area contributed by atoms with Gasteiger partial charge < -0.3 is 10.2 Å². The maximum absolute atomic E-state index is 10.6. The molecule has 0 saturated heterocycles. The largest absolute Gasteiger partial charge is 0.479 e. The van der Waals surface area contributed by atoms with Crippen molar-refractivity contribution in [3.8, 4) is 0 Å². The van der Waals surface area contributed by atoms with Crippen LogP contribution in [0.5, 0.6) is 0 Å². The Bertz CT molecular complexity index is 352. The molecule has 0 spiro atoms. The van der Waals surface area contributed by atoms with E-state index in [1.807, 2.05) is 6.07 Å². The molecule has 0 radical (unpaired) electrons. The van der Waals surface area contributed by atoms with Gasteiger partial charge in [-0.05, 0) is 5.56 Å². The highest BCUT2D eigenvalue weighted by Crippen LogP contribution is 2.28. The standard InChI is InChI=1S/C9H8Br2O3/c10-4-5-2-1-3-6(7(5)11)8(12)9(13)14/h1-3,8,12H,4H2,(H,13,14). The molecule has 1 atom stereocenters. The van der Waals surface area contributed by atoms with E-state index in [9.17, 15) is 9.90 Å². The Kier molecular flexibility index (Phi) is 4.10. The maximum atomic E-state index is 10.6. The van der Waals surface area contributed by atoms with Gasteiger partial charge in [0.15, 0.2) is 6.10 Å². The number of hydrogen-bond donors (Lipinski definition) is 2. The van der Waals surface area contributed by atoms with Gasteiger partial charge in [-0.2, -0.15) is 0 Å². The number of aliphatic hydroxyl groups excluding tert-OH is 1. The first-order valence-electron chi connectivity index (χ1n) is 3.82. The van der Waals surface area contributed by atoms with Crippen molar-refractivity contribution in [1.29, 1.82) is 0 Å². The summed E-state index contributed by atoms with van der Waals surface area (Å²) in [6.07, 6.45) is -1.48. The number of carboxylic acids is 1. The van der Waals surface area contributed by atoms with Crippen molar-refractivity contribution in [3.05, 3.63) is 33.8 Å². The molecule has 1 aromatic rings. The predicted octanol–water partition coefficient (Wildman–Crippen LogP) is 2.46. The lowest BCUT2D eigenvalue weighted by Gasteiger charge is -2.10. The van der Waals surface area contributed by atoms with Gasteiger partial charge in [-0.15, -0.1) is 0 Å². The average Bonchev–Trinajstić information content (AvgIpc) is 2.17. The predicted molar refractivity (Wildman–Crippen MR) is 59.4 cm³/mol. The van der Waals surface area contributed by atoms with Crippen LogP contribution in [0.4, 0.5) is 0 Å². The number of aliphatic hydroxyl groups is 1. The van der Waals surface area contributed by atoms with Gasteiger partial charge in [-0.1, -0.05) is 50.1 Å². The molecule has 14 heavy (non-hydrogen) atoms. The molecule has 3 nitrogen and oxygen atoms in total. The van der Waals surface area contributed by atoms with Crippen LogP contribution in [0.25, 0.3) is 0 Å². The molecule has 1 rings (SSSR count). The SMILES string of the molecule is O=C(O)C(O)c1cccc(CBr)c1Br. The number of aliphatic carboxylic acids is 1. The van der Waals surface area contributed by atoms with Crippen LogP contribution < -0.4 is 0 Å². The molecule has 0 bridgehead atoms. The average molecular weight is 324 g/mol. The molecule has 1 unspecified atom stereocenters. The summed E-state index contributed by atoms with van der Waals surface area (Å²) in [6, 6.07) is 5.13. The van der Waals surface area contributed by atoms with E-state index in [1.54, 1.807) is 12.1 Å².